The minimum atomic E-state index is -3.71. The molecule has 24 heavy (non-hydrogen) atoms. The predicted molar refractivity (Wildman–Crippen MR) is 96.0 cm³/mol. The van der Waals surface area contributed by atoms with Crippen molar-refractivity contribution < 1.29 is 16.8 Å². The molecular formula is C14H14Cl2N2O4S2. The first-order valence-corrected chi connectivity index (χ1v) is 10.7. The summed E-state index contributed by atoms with van der Waals surface area (Å²) in [6, 6.07) is 10.6. The molecule has 0 aliphatic carbocycles. The number of benzene rings is 2. The summed E-state index contributed by atoms with van der Waals surface area (Å²) in [6.45, 7) is 0. The van der Waals surface area contributed by atoms with Crippen LogP contribution in [-0.4, -0.2) is 16.8 Å². The molecule has 2 rings (SSSR count). The third-order valence-electron chi connectivity index (χ3n) is 2.91. The molecule has 0 spiro atoms. The number of halogens is 2. The highest BCUT2D eigenvalue weighted by molar-refractivity contribution is 7.91. The summed E-state index contributed by atoms with van der Waals surface area (Å²) < 4.78 is 49.1. The van der Waals surface area contributed by atoms with Gasteiger partial charge in [0.25, 0.3) is 0 Å². The van der Waals surface area contributed by atoms with Crippen molar-refractivity contribution in [3.63, 3.8) is 0 Å². The number of rotatable bonds is 6. The van der Waals surface area contributed by atoms with Crippen LogP contribution in [0.1, 0.15) is 11.1 Å². The van der Waals surface area contributed by atoms with Crippen LogP contribution < -0.4 is 9.86 Å². The molecule has 0 saturated heterocycles. The SMILES string of the molecule is NS(=O)(=O)Cc1cccc(NS(=O)(=O)Cc2ccc(Cl)c(Cl)c2)c1. The predicted octanol–water partition coefficient (Wildman–Crippen LogP) is 2.72. The van der Waals surface area contributed by atoms with Crippen LogP contribution in [0.25, 0.3) is 0 Å². The Morgan fingerprint density at radius 3 is 2.17 bits per heavy atom. The maximum atomic E-state index is 12.2. The molecule has 0 radical (unpaired) electrons. The van der Waals surface area contributed by atoms with Gasteiger partial charge in [0.1, 0.15) is 0 Å². The van der Waals surface area contributed by atoms with E-state index in [1.165, 1.54) is 30.3 Å². The molecule has 130 valence electrons. The summed E-state index contributed by atoms with van der Waals surface area (Å²) in [5.41, 5.74) is 1.10. The van der Waals surface area contributed by atoms with Crippen molar-refractivity contribution in [1.29, 1.82) is 0 Å². The average Bonchev–Trinajstić information content (AvgIpc) is 2.40. The Balaban J connectivity index is 2.17. The third kappa shape index (κ3) is 5.95. The molecule has 0 saturated carbocycles. The molecule has 0 aliphatic heterocycles. The Hall–Kier alpha value is -1.32. The first kappa shape index (κ1) is 19.0. The quantitative estimate of drug-likeness (QED) is 0.765. The highest BCUT2D eigenvalue weighted by Crippen LogP contribution is 2.24. The standard InChI is InChI=1S/C14H14Cl2N2O4S2/c15-13-5-4-11(7-14(13)16)9-24(21,22)18-12-3-1-2-10(6-12)8-23(17,19)20/h1-7,18H,8-9H2,(H2,17,19,20). The highest BCUT2D eigenvalue weighted by Gasteiger charge is 2.14. The minimum absolute atomic E-state index is 0.246. The van der Waals surface area contributed by atoms with Gasteiger partial charge < -0.3 is 0 Å². The molecule has 0 amide bonds. The lowest BCUT2D eigenvalue weighted by atomic mass is 10.2. The Morgan fingerprint density at radius 2 is 1.54 bits per heavy atom. The van der Waals surface area contributed by atoms with E-state index in [1.807, 2.05) is 0 Å². The fourth-order valence-corrected chi connectivity index (χ4v) is 4.16. The van der Waals surface area contributed by atoms with Crippen LogP contribution in [0.5, 0.6) is 0 Å². The fourth-order valence-electron chi connectivity index (χ4n) is 2.02. The zero-order valence-corrected chi connectivity index (χ0v) is 15.4. The number of nitrogens with two attached hydrogens (primary N) is 1. The molecule has 2 aromatic rings. The Bertz CT molecular complexity index is 960. The van der Waals surface area contributed by atoms with Crippen LogP contribution >= 0.6 is 23.2 Å². The van der Waals surface area contributed by atoms with Crippen molar-refractivity contribution in [2.75, 3.05) is 4.72 Å². The van der Waals surface area contributed by atoms with Gasteiger partial charge in [0, 0.05) is 5.69 Å². The number of primary sulfonamides is 1. The van der Waals surface area contributed by atoms with Crippen molar-refractivity contribution in [2.24, 2.45) is 5.14 Å². The van der Waals surface area contributed by atoms with Crippen LogP contribution in [0, 0.1) is 0 Å². The van der Waals surface area contributed by atoms with Gasteiger partial charge in [0.15, 0.2) is 0 Å². The lowest BCUT2D eigenvalue weighted by Gasteiger charge is -2.10. The first-order chi connectivity index (χ1) is 11.0. The number of anilines is 1. The van der Waals surface area contributed by atoms with Crippen LogP contribution in [0.4, 0.5) is 5.69 Å². The van der Waals surface area contributed by atoms with Gasteiger partial charge in [-0.15, -0.1) is 0 Å². The number of hydrogen-bond donors (Lipinski definition) is 2. The van der Waals surface area contributed by atoms with E-state index in [4.69, 9.17) is 28.3 Å². The van der Waals surface area contributed by atoms with Gasteiger partial charge in [-0.05, 0) is 35.4 Å². The molecule has 6 nitrogen and oxygen atoms in total. The summed E-state index contributed by atoms with van der Waals surface area (Å²) in [4.78, 5) is 0. The summed E-state index contributed by atoms with van der Waals surface area (Å²) >= 11 is 11.7. The smallest absolute Gasteiger partial charge is 0.236 e. The van der Waals surface area contributed by atoms with Crippen molar-refractivity contribution in [1.82, 2.24) is 0 Å². The van der Waals surface area contributed by atoms with Gasteiger partial charge in [-0.1, -0.05) is 41.4 Å². The Labute approximate surface area is 150 Å². The van der Waals surface area contributed by atoms with Crippen molar-refractivity contribution in [2.45, 2.75) is 11.5 Å². The molecular weight excluding hydrogens is 395 g/mol. The lowest BCUT2D eigenvalue weighted by molar-refractivity contribution is 0.596. The maximum absolute atomic E-state index is 12.2. The molecule has 10 heteroatoms. The van der Waals surface area contributed by atoms with Crippen LogP contribution in [0.3, 0.4) is 0 Å². The van der Waals surface area contributed by atoms with E-state index in [-0.39, 0.29) is 22.2 Å². The van der Waals surface area contributed by atoms with Crippen LogP contribution in [0.2, 0.25) is 10.0 Å². The lowest BCUT2D eigenvalue weighted by Crippen LogP contribution is -2.16. The zero-order chi connectivity index (χ0) is 18.0. The molecule has 0 unspecified atom stereocenters. The van der Waals surface area contributed by atoms with Crippen molar-refractivity contribution in [3.8, 4) is 0 Å². The van der Waals surface area contributed by atoms with Crippen LogP contribution in [0.15, 0.2) is 42.5 Å². The second-order valence-electron chi connectivity index (χ2n) is 5.12. The molecule has 0 heterocycles. The summed E-state index contributed by atoms with van der Waals surface area (Å²) in [7, 11) is -7.41. The molecule has 0 aliphatic rings. The van der Waals surface area contributed by atoms with E-state index in [0.29, 0.717) is 16.1 Å². The van der Waals surface area contributed by atoms with Crippen LogP contribution in [-0.2, 0) is 31.6 Å². The molecule has 0 bridgehead atoms. The van der Waals surface area contributed by atoms with E-state index in [0.717, 1.165) is 0 Å². The molecule has 0 aromatic heterocycles. The zero-order valence-electron chi connectivity index (χ0n) is 12.2. The number of hydrogen-bond acceptors (Lipinski definition) is 4. The second-order valence-corrected chi connectivity index (χ2v) is 9.27. The minimum Gasteiger partial charge on any atom is -0.283 e. The monoisotopic (exact) mass is 408 g/mol. The van der Waals surface area contributed by atoms with E-state index in [1.54, 1.807) is 12.1 Å². The number of nitrogens with one attached hydrogen (secondary N) is 1. The van der Waals surface area contributed by atoms with Crippen molar-refractivity contribution in [3.05, 3.63) is 63.6 Å². The highest BCUT2D eigenvalue weighted by atomic mass is 35.5. The summed E-state index contributed by atoms with van der Waals surface area (Å²) in [5, 5.41) is 5.58. The van der Waals surface area contributed by atoms with Gasteiger partial charge in [-0.2, -0.15) is 0 Å². The van der Waals surface area contributed by atoms with Gasteiger partial charge in [-0.25, -0.2) is 22.0 Å². The topological polar surface area (TPSA) is 106 Å². The Kier molecular flexibility index (Phi) is 5.77. The summed E-state index contributed by atoms with van der Waals surface area (Å²) in [6.07, 6.45) is 0. The summed E-state index contributed by atoms with van der Waals surface area (Å²) in [5.74, 6) is -0.682. The van der Waals surface area contributed by atoms with E-state index in [2.05, 4.69) is 4.72 Å². The second kappa shape index (κ2) is 7.28. The molecule has 0 atom stereocenters. The van der Waals surface area contributed by atoms with Crippen molar-refractivity contribution >= 4 is 48.9 Å². The molecule has 0 fully saturated rings. The van der Waals surface area contributed by atoms with E-state index < -0.39 is 20.0 Å². The van der Waals surface area contributed by atoms with Gasteiger partial charge in [-0.3, -0.25) is 4.72 Å². The van der Waals surface area contributed by atoms with E-state index >= 15 is 0 Å². The largest absolute Gasteiger partial charge is 0.283 e. The molecule has 3 N–H and O–H groups in total. The Morgan fingerprint density at radius 1 is 0.875 bits per heavy atom. The first-order valence-electron chi connectivity index (χ1n) is 6.58. The van der Waals surface area contributed by atoms with E-state index in [9.17, 15) is 16.8 Å². The van der Waals surface area contributed by atoms with Gasteiger partial charge in [0.2, 0.25) is 20.0 Å². The average molecular weight is 409 g/mol. The maximum Gasteiger partial charge on any atom is 0.236 e. The fraction of sp³-hybridized carbons (Fsp3) is 0.143. The number of sulfonamides is 2. The van der Waals surface area contributed by atoms with Gasteiger partial charge in [0.05, 0.1) is 21.6 Å². The van der Waals surface area contributed by atoms with Gasteiger partial charge >= 0.3 is 0 Å². The normalized spacial score (nSPS) is 12.1. The molecule has 2 aromatic carbocycles. The third-order valence-corrected chi connectivity index (χ3v) is 5.64.